The monoisotopic (exact) mass is 1580 g/mol. The van der Waals surface area contributed by atoms with Gasteiger partial charge in [-0.25, -0.2) is 4.79 Å². The normalized spacial score (nSPS) is 24.3. The van der Waals surface area contributed by atoms with Gasteiger partial charge in [-0.3, -0.25) is 76.7 Å². The molecule has 0 aromatic rings. The maximum atomic E-state index is 15.2. The van der Waals surface area contributed by atoms with Crippen LogP contribution in [0.3, 0.4) is 0 Å². The number of cyclic esters (lactones) is 1. The van der Waals surface area contributed by atoms with Crippen LogP contribution in [0, 0.1) is 47.3 Å². The smallest absolute Gasteiger partial charge is 0.329 e. The fraction of sp³-hybridized carbons (Fsp3) is 0.761. The standard InChI is InChI=1S/C71H125N17O23/c1-19-32(7)27-34(9)53(92)37(12)60(98)80-43(29-77-40(15)90)62(100)81-47(31(5)6)54(93)55(94)68(106)82-48(35(10)36(11)57(74)95)64(102)84-50-39(14)111-71(109)45(26-30(3)4)88(17)70(108)52(58(75)96)86-67(105)51(56(110-18)59(76)97)85-63(101)44(23-24-46(73)91)87(16)69(107)42(28-33(8)20-2)79-61(99)41(22-21-25-72)78-65(103)49(38(13)89)83-66(50)104/h30-39,41-45,47-56,89,92-94H,19-29,72H2,1-18H3,(H2,73,91)(H2,74,95)(H2,75,96)(H2,76,97)(H,77,90)(H,78,103)(H,79,99)(H,80,98)(H,81,100)(H,82,106)(H,83,104)(H,84,102)(H,85,101)(H,86,105)/t32?,33?,34?,35-,36+,37+,38+,39+,41+,42-,43+,44-,45-,47+,48-,49+,50+,51?,52+,53+,54-,55?,56?/m0/s1. The molecule has 0 radical (unpaired) electrons. The molecule has 1 fully saturated rings. The van der Waals surface area contributed by atoms with Gasteiger partial charge in [0.2, 0.25) is 82.7 Å². The van der Waals surface area contributed by atoms with Crippen molar-refractivity contribution >= 4 is 100 Å². The van der Waals surface area contributed by atoms with Crippen LogP contribution in [0.4, 0.5) is 0 Å². The predicted molar refractivity (Wildman–Crippen MR) is 399 cm³/mol. The predicted octanol–water partition coefficient (Wildman–Crippen LogP) is -6.86. The lowest BCUT2D eigenvalue weighted by Crippen LogP contribution is -2.65. The molecular weight excluding hydrogens is 1460 g/mol. The molecule has 6 unspecified atom stereocenters. The molecule has 0 saturated carbocycles. The zero-order valence-corrected chi connectivity index (χ0v) is 67.0. The van der Waals surface area contributed by atoms with E-state index >= 15 is 9.59 Å². The number of aliphatic hydroxyl groups is 4. The Balaban J connectivity index is 4.50. The van der Waals surface area contributed by atoms with Gasteiger partial charge in [0, 0.05) is 47.0 Å². The fourth-order valence-electron chi connectivity index (χ4n) is 12.2. The van der Waals surface area contributed by atoms with E-state index in [0.717, 1.165) is 53.3 Å². The van der Waals surface area contributed by atoms with E-state index in [-0.39, 0.29) is 44.1 Å². The van der Waals surface area contributed by atoms with Crippen LogP contribution in [-0.2, 0) is 91.0 Å². The number of nitrogens with zero attached hydrogens (tertiary/aromatic N) is 2. The minimum absolute atomic E-state index is 0.00958. The lowest BCUT2D eigenvalue weighted by atomic mass is 9.85. The number of nitrogens with two attached hydrogens (primary N) is 5. The Kier molecular flexibility index (Phi) is 42.4. The van der Waals surface area contributed by atoms with Gasteiger partial charge in [-0.05, 0) is 94.4 Å². The van der Waals surface area contributed by atoms with Crippen molar-refractivity contribution in [3.63, 3.8) is 0 Å². The van der Waals surface area contributed by atoms with Crippen molar-refractivity contribution in [3.05, 3.63) is 0 Å². The van der Waals surface area contributed by atoms with Crippen LogP contribution in [0.2, 0.25) is 0 Å². The molecule has 40 nitrogen and oxygen atoms in total. The minimum Gasteiger partial charge on any atom is -0.458 e. The van der Waals surface area contributed by atoms with Crippen LogP contribution in [-0.4, -0.2) is 268 Å². The first-order valence-corrected chi connectivity index (χ1v) is 37.3. The quantitative estimate of drug-likeness (QED) is 0.0203. The summed E-state index contributed by atoms with van der Waals surface area (Å²) in [5.41, 5.74) is 28.5. The average molecular weight is 1580 g/mol. The van der Waals surface area contributed by atoms with Crippen LogP contribution in [0.1, 0.15) is 162 Å². The molecule has 1 heterocycles. The highest BCUT2D eigenvalue weighted by molar-refractivity contribution is 6.09. The molecule has 23 atom stereocenters. The van der Waals surface area contributed by atoms with Gasteiger partial charge < -0.3 is 122 Å². The SMILES string of the molecule is CCC(C)CC(C)[C@@H](O)[C@@H](C)C(=O)N[C@H](CNC(C)=O)C(=O)N[C@H](C(C)C)[C@H](O)C(O)C(=O)N[C@H](C(=O)N[C@H]1C(=O)N[C@H]([C@@H](C)O)C(=O)N[C@H](CCCN)C(=O)N[C@@H](CC(C)CC)C(=O)N(C)[C@@H](CCC(N)=O)C(=O)NC(C(OC)C(N)=O)C(=O)N[C@H](C(N)=O)C(=O)N(C)[C@@H](CC(C)C)C(=O)O[C@@H]1C)[C@@H](C)[C@@H](C)C(N)=O. The largest absolute Gasteiger partial charge is 0.458 e. The van der Waals surface area contributed by atoms with Crippen molar-refractivity contribution in [2.45, 2.75) is 265 Å². The van der Waals surface area contributed by atoms with Gasteiger partial charge in [-0.1, -0.05) is 95.9 Å². The third kappa shape index (κ3) is 30.7. The number of primary amides is 4. The van der Waals surface area contributed by atoms with Crippen molar-refractivity contribution in [1.29, 1.82) is 0 Å². The number of carbonyl (C=O) groups is 17. The molecule has 632 valence electrons. The summed E-state index contributed by atoms with van der Waals surface area (Å²) >= 11 is 0. The number of nitrogens with one attached hydrogen (secondary N) is 10. The molecule has 0 spiro atoms. The number of methoxy groups -OCH3 is 1. The zero-order chi connectivity index (χ0) is 85.7. The number of ether oxygens (including phenoxy) is 2. The van der Waals surface area contributed by atoms with Gasteiger partial charge in [0.05, 0.1) is 24.2 Å². The molecule has 0 bridgehead atoms. The van der Waals surface area contributed by atoms with Crippen LogP contribution in [0.5, 0.6) is 0 Å². The van der Waals surface area contributed by atoms with Crippen molar-refractivity contribution in [2.75, 3.05) is 34.3 Å². The van der Waals surface area contributed by atoms with Gasteiger partial charge in [0.1, 0.15) is 66.6 Å². The summed E-state index contributed by atoms with van der Waals surface area (Å²) in [6.07, 6.45) is -12.5. The molecule has 1 saturated heterocycles. The van der Waals surface area contributed by atoms with Crippen molar-refractivity contribution < 1.29 is 111 Å². The van der Waals surface area contributed by atoms with Gasteiger partial charge >= 0.3 is 5.97 Å². The van der Waals surface area contributed by atoms with Crippen LogP contribution in [0.15, 0.2) is 0 Å². The number of amides is 16. The van der Waals surface area contributed by atoms with E-state index in [1.165, 1.54) is 34.6 Å². The Hall–Kier alpha value is -9.25. The Morgan fingerprint density at radius 1 is 0.604 bits per heavy atom. The zero-order valence-electron chi connectivity index (χ0n) is 67.0. The number of likely N-dealkylation sites (N-methyl/N-ethyl adjacent to an activating group) is 2. The lowest BCUT2D eigenvalue weighted by Gasteiger charge is -2.35. The summed E-state index contributed by atoms with van der Waals surface area (Å²) in [6, 6.07) is -21.6. The molecule has 1 rings (SSSR count). The molecule has 40 heteroatoms. The van der Waals surface area contributed by atoms with Crippen LogP contribution < -0.4 is 81.8 Å². The van der Waals surface area contributed by atoms with Crippen molar-refractivity contribution in [2.24, 2.45) is 76.0 Å². The first-order chi connectivity index (χ1) is 51.5. The number of carbonyl (C=O) groups excluding carboxylic acids is 17. The Morgan fingerprint density at radius 2 is 1.16 bits per heavy atom. The van der Waals surface area contributed by atoms with Crippen molar-refractivity contribution in [1.82, 2.24) is 63.0 Å². The highest BCUT2D eigenvalue weighted by Gasteiger charge is 2.47. The van der Waals surface area contributed by atoms with E-state index in [2.05, 4.69) is 47.9 Å². The van der Waals surface area contributed by atoms with Gasteiger partial charge in [-0.15, -0.1) is 0 Å². The summed E-state index contributed by atoms with van der Waals surface area (Å²) in [5.74, 6) is -27.3. The fourth-order valence-corrected chi connectivity index (χ4v) is 12.2. The molecule has 0 aromatic heterocycles. The molecule has 16 amide bonds. The summed E-state index contributed by atoms with van der Waals surface area (Å²) in [4.78, 5) is 241. The second-order valence-electron chi connectivity index (χ2n) is 29.9. The second kappa shape index (κ2) is 47.2. The molecule has 111 heavy (non-hydrogen) atoms. The van der Waals surface area contributed by atoms with E-state index in [9.17, 15) is 92.3 Å². The highest BCUT2D eigenvalue weighted by atomic mass is 16.5. The summed E-state index contributed by atoms with van der Waals surface area (Å²) in [6.45, 7) is 21.6. The van der Waals surface area contributed by atoms with E-state index in [0.29, 0.717) is 17.7 Å². The molecule has 1 aliphatic heterocycles. The molecule has 0 aliphatic carbocycles. The topological polar surface area (TPSA) is 646 Å². The maximum absolute atomic E-state index is 15.2. The molecule has 0 aromatic carbocycles. The number of rotatable bonds is 37. The lowest BCUT2D eigenvalue weighted by molar-refractivity contribution is -0.163. The van der Waals surface area contributed by atoms with Gasteiger partial charge in [0.15, 0.2) is 18.2 Å². The average Bonchev–Trinajstić information content (AvgIpc) is 1.05. The molecule has 1 aliphatic rings. The van der Waals surface area contributed by atoms with Gasteiger partial charge in [-0.2, -0.15) is 0 Å². The Bertz CT molecular complexity index is 3240. The van der Waals surface area contributed by atoms with E-state index in [4.69, 9.17) is 38.1 Å². The highest BCUT2D eigenvalue weighted by Crippen LogP contribution is 2.25. The number of esters is 1. The van der Waals surface area contributed by atoms with Gasteiger partial charge in [0.25, 0.3) is 11.8 Å². The van der Waals surface area contributed by atoms with E-state index < -0.39 is 258 Å². The van der Waals surface area contributed by atoms with E-state index in [1.54, 1.807) is 34.6 Å². The van der Waals surface area contributed by atoms with Crippen molar-refractivity contribution in [3.8, 4) is 0 Å². The maximum Gasteiger partial charge on any atom is 0.329 e. The summed E-state index contributed by atoms with van der Waals surface area (Å²) in [7, 11) is 2.92. The molecule has 24 N–H and O–H groups in total. The van der Waals surface area contributed by atoms with E-state index in [1.807, 2.05) is 19.2 Å². The third-order valence-corrected chi connectivity index (χ3v) is 20.0. The second-order valence-corrected chi connectivity index (χ2v) is 29.9. The minimum atomic E-state index is -2.62. The summed E-state index contributed by atoms with van der Waals surface area (Å²) < 4.78 is 11.1. The first kappa shape index (κ1) is 99.8. The Morgan fingerprint density at radius 3 is 1.66 bits per heavy atom. The number of hydrogen-bond acceptors (Lipinski definition) is 24. The third-order valence-electron chi connectivity index (χ3n) is 20.0. The molecular formula is C71H125N17O23. The van der Waals surface area contributed by atoms with Crippen LogP contribution >= 0.6 is 0 Å². The summed E-state index contributed by atoms with van der Waals surface area (Å²) in [5, 5.41) is 69.6. The van der Waals surface area contributed by atoms with Crippen LogP contribution in [0.25, 0.3) is 0 Å². The Labute approximate surface area is 647 Å². The number of aliphatic hydroxyl groups excluding tert-OH is 4. The first-order valence-electron chi connectivity index (χ1n) is 37.3. The number of hydrogen-bond donors (Lipinski definition) is 19.